The van der Waals surface area contributed by atoms with E-state index in [2.05, 4.69) is 14.8 Å². The Labute approximate surface area is 102 Å². The zero-order valence-electron chi connectivity index (χ0n) is 8.30. The van der Waals surface area contributed by atoms with Gasteiger partial charge in [0.05, 0.1) is 19.7 Å². The molecule has 0 radical (unpaired) electrons. The Balaban J connectivity index is 2.53. The van der Waals surface area contributed by atoms with Crippen LogP contribution in [0.25, 0.3) is 11.1 Å². The highest BCUT2D eigenvalue weighted by atomic mass is 79.9. The minimum Gasteiger partial charge on any atom is -0.212 e. The maximum atomic E-state index is 11.3. The van der Waals surface area contributed by atoms with Crippen molar-refractivity contribution in [3.05, 3.63) is 54.6 Å². The van der Waals surface area contributed by atoms with Crippen LogP contribution in [-0.4, -0.2) is 8.42 Å². The van der Waals surface area contributed by atoms with E-state index in [1.807, 2.05) is 36.4 Å². The number of hydrogen-bond acceptors (Lipinski definition) is 2. The number of hydrogen-bond donors (Lipinski definition) is 0. The summed E-state index contributed by atoms with van der Waals surface area (Å²) in [5, 5.41) is 0. The molecule has 0 aliphatic carbocycles. The van der Waals surface area contributed by atoms with Gasteiger partial charge >= 0.3 is 0 Å². The molecule has 0 saturated heterocycles. The molecule has 0 spiro atoms. The Hall–Kier alpha value is -1.13. The van der Waals surface area contributed by atoms with Crippen LogP contribution in [0.4, 0.5) is 0 Å². The van der Waals surface area contributed by atoms with Gasteiger partial charge in [-0.15, -0.1) is 0 Å². The van der Waals surface area contributed by atoms with E-state index >= 15 is 0 Å². The minimum absolute atomic E-state index is 0.272. The van der Waals surface area contributed by atoms with Gasteiger partial charge in [-0.05, 0) is 23.3 Å². The quantitative estimate of drug-likeness (QED) is 0.796. The summed E-state index contributed by atoms with van der Waals surface area (Å²) in [7, 11) is -3.32. The van der Waals surface area contributed by atoms with E-state index in [9.17, 15) is 8.42 Å². The lowest BCUT2D eigenvalue weighted by molar-refractivity contribution is 0.611. The largest absolute Gasteiger partial charge is 0.237 e. The van der Waals surface area contributed by atoms with Crippen LogP contribution in [0.15, 0.2) is 59.5 Å². The minimum atomic E-state index is -3.32. The predicted octanol–water partition coefficient (Wildman–Crippen LogP) is 3.44. The van der Waals surface area contributed by atoms with E-state index in [1.165, 1.54) is 0 Å². The molecule has 0 fully saturated rings. The van der Waals surface area contributed by atoms with Gasteiger partial charge in [-0.1, -0.05) is 42.5 Å². The van der Waals surface area contributed by atoms with Crippen LogP contribution in [-0.2, 0) is 8.27 Å². The first-order valence-corrected chi connectivity index (χ1v) is 8.00. The van der Waals surface area contributed by atoms with Crippen molar-refractivity contribution in [2.75, 3.05) is 0 Å². The topological polar surface area (TPSA) is 34.1 Å². The Bertz CT molecular complexity index is 591. The molecule has 0 amide bonds. The summed E-state index contributed by atoms with van der Waals surface area (Å²) in [5.41, 5.74) is 1.89. The van der Waals surface area contributed by atoms with Gasteiger partial charge in [-0.25, -0.2) is 8.42 Å². The molecule has 0 N–H and O–H groups in total. The number of halogens is 1. The molecule has 0 aliphatic rings. The van der Waals surface area contributed by atoms with Crippen molar-refractivity contribution >= 4 is 23.1 Å². The Morgan fingerprint density at radius 2 is 1.44 bits per heavy atom. The molecule has 82 valence electrons. The zero-order chi connectivity index (χ0) is 11.6. The van der Waals surface area contributed by atoms with Crippen LogP contribution in [0.5, 0.6) is 0 Å². The summed E-state index contributed by atoms with van der Waals surface area (Å²) < 4.78 is 22.7. The van der Waals surface area contributed by atoms with E-state index in [0.29, 0.717) is 0 Å². The Morgan fingerprint density at radius 3 is 2.06 bits per heavy atom. The van der Waals surface area contributed by atoms with Crippen LogP contribution in [0.1, 0.15) is 0 Å². The first kappa shape index (κ1) is 11.4. The molecule has 0 aromatic heterocycles. The van der Waals surface area contributed by atoms with Crippen molar-refractivity contribution in [2.24, 2.45) is 0 Å². The van der Waals surface area contributed by atoms with Gasteiger partial charge in [0.25, 0.3) is 0 Å². The van der Waals surface area contributed by atoms with Crippen LogP contribution < -0.4 is 0 Å². The van der Waals surface area contributed by atoms with Gasteiger partial charge < -0.3 is 0 Å². The SMILES string of the molecule is O=S(=O)(Br)c1cccc(-c2ccccc2)c1. The van der Waals surface area contributed by atoms with Gasteiger partial charge in [0, 0.05) is 0 Å². The highest BCUT2D eigenvalue weighted by Crippen LogP contribution is 2.24. The molecule has 16 heavy (non-hydrogen) atoms. The van der Waals surface area contributed by atoms with Gasteiger partial charge in [0.1, 0.15) is 0 Å². The molecule has 2 aromatic rings. The summed E-state index contributed by atoms with van der Waals surface area (Å²) in [6, 6.07) is 16.5. The van der Waals surface area contributed by atoms with Gasteiger partial charge in [0.15, 0.2) is 0 Å². The zero-order valence-corrected chi connectivity index (χ0v) is 10.7. The van der Waals surface area contributed by atoms with Gasteiger partial charge in [0.2, 0.25) is 8.27 Å². The molecular formula is C12H9BrO2S. The monoisotopic (exact) mass is 296 g/mol. The predicted molar refractivity (Wildman–Crippen MR) is 68.0 cm³/mol. The molecule has 4 heteroatoms. The lowest BCUT2D eigenvalue weighted by Crippen LogP contribution is -1.89. The Morgan fingerprint density at radius 1 is 0.812 bits per heavy atom. The molecule has 0 bridgehead atoms. The third-order valence-electron chi connectivity index (χ3n) is 2.22. The highest BCUT2D eigenvalue weighted by Gasteiger charge is 2.09. The highest BCUT2D eigenvalue weighted by molar-refractivity contribution is 9.47. The second-order valence-corrected chi connectivity index (χ2v) is 7.24. The molecular weight excluding hydrogens is 288 g/mol. The summed E-state index contributed by atoms with van der Waals surface area (Å²) in [6.45, 7) is 0. The number of benzene rings is 2. The van der Waals surface area contributed by atoms with E-state index in [0.717, 1.165) is 11.1 Å². The average Bonchev–Trinajstić information content (AvgIpc) is 2.29. The summed E-state index contributed by atoms with van der Waals surface area (Å²) in [4.78, 5) is 0.272. The molecule has 2 aromatic carbocycles. The maximum absolute atomic E-state index is 11.3. The van der Waals surface area contributed by atoms with Crippen molar-refractivity contribution in [3.8, 4) is 11.1 Å². The van der Waals surface area contributed by atoms with E-state index in [4.69, 9.17) is 0 Å². The fourth-order valence-electron chi connectivity index (χ4n) is 1.46. The lowest BCUT2D eigenvalue weighted by atomic mass is 10.1. The molecule has 0 heterocycles. The van der Waals surface area contributed by atoms with Crippen molar-refractivity contribution in [1.82, 2.24) is 0 Å². The lowest BCUT2D eigenvalue weighted by Gasteiger charge is -2.03. The van der Waals surface area contributed by atoms with Crippen molar-refractivity contribution < 1.29 is 8.42 Å². The maximum Gasteiger partial charge on any atom is 0.237 e. The first-order valence-electron chi connectivity index (χ1n) is 4.67. The molecule has 0 saturated carbocycles. The van der Waals surface area contributed by atoms with Crippen LogP contribution in [0.3, 0.4) is 0 Å². The first-order chi connectivity index (χ1) is 7.57. The van der Waals surface area contributed by atoms with E-state index in [1.54, 1.807) is 18.2 Å². The van der Waals surface area contributed by atoms with Crippen molar-refractivity contribution in [3.63, 3.8) is 0 Å². The number of rotatable bonds is 2. The van der Waals surface area contributed by atoms with Crippen LogP contribution in [0.2, 0.25) is 0 Å². The van der Waals surface area contributed by atoms with Gasteiger partial charge in [-0.3, -0.25) is 0 Å². The fourth-order valence-corrected chi connectivity index (χ4v) is 2.57. The molecule has 0 atom stereocenters. The normalized spacial score (nSPS) is 11.3. The summed E-state index contributed by atoms with van der Waals surface area (Å²) >= 11 is 2.67. The molecule has 0 aliphatic heterocycles. The molecule has 2 rings (SSSR count). The second-order valence-electron chi connectivity index (χ2n) is 3.33. The fraction of sp³-hybridized carbons (Fsp3) is 0. The molecule has 0 unspecified atom stereocenters. The second kappa shape index (κ2) is 4.39. The average molecular weight is 297 g/mol. The smallest absolute Gasteiger partial charge is 0.212 e. The van der Waals surface area contributed by atoms with Gasteiger partial charge in [-0.2, -0.15) is 0 Å². The van der Waals surface area contributed by atoms with E-state index < -0.39 is 8.27 Å². The van der Waals surface area contributed by atoms with E-state index in [-0.39, 0.29) is 4.90 Å². The molecule has 2 nitrogen and oxygen atoms in total. The standard InChI is InChI=1S/C12H9BrO2S/c13-16(14,15)12-8-4-7-11(9-12)10-5-2-1-3-6-10/h1-9H. The van der Waals surface area contributed by atoms with Crippen LogP contribution in [0, 0.1) is 0 Å². The Kier molecular flexibility index (Phi) is 3.12. The van der Waals surface area contributed by atoms with Crippen molar-refractivity contribution in [1.29, 1.82) is 0 Å². The van der Waals surface area contributed by atoms with Crippen LogP contribution >= 0.6 is 14.8 Å². The van der Waals surface area contributed by atoms with Crippen molar-refractivity contribution in [2.45, 2.75) is 4.90 Å². The third-order valence-corrected chi connectivity index (χ3v) is 4.16. The third kappa shape index (κ3) is 2.51. The summed E-state index contributed by atoms with van der Waals surface area (Å²) in [6.07, 6.45) is 0. The summed E-state index contributed by atoms with van der Waals surface area (Å²) in [5.74, 6) is 0.